The van der Waals surface area contributed by atoms with Crippen LogP contribution in [0.25, 0.3) is 10.8 Å². The molecule has 25 heavy (non-hydrogen) atoms. The Bertz CT molecular complexity index is 1030. The van der Waals surface area contributed by atoms with Gasteiger partial charge in [0.25, 0.3) is 5.56 Å². The average molecular weight is 400 g/mol. The molecule has 0 fully saturated rings. The van der Waals surface area contributed by atoms with E-state index in [0.717, 1.165) is 26.8 Å². The second-order valence-corrected chi connectivity index (χ2v) is 6.89. The van der Waals surface area contributed by atoms with Crippen LogP contribution < -0.4 is 10.5 Å². The summed E-state index contributed by atoms with van der Waals surface area (Å²) in [5.41, 5.74) is 2.25. The number of fused-ring (bicyclic) bond motifs is 1. The zero-order valence-corrected chi connectivity index (χ0v) is 15.9. The lowest BCUT2D eigenvalue weighted by Crippen LogP contribution is -2.35. The molecule has 0 atom stereocenters. The lowest BCUT2D eigenvalue weighted by atomic mass is 10.1. The predicted octanol–water partition coefficient (Wildman–Crippen LogP) is 3.44. The number of nitrogens with zero attached hydrogens (tertiary/aromatic N) is 3. The van der Waals surface area contributed by atoms with Crippen LogP contribution in [0.2, 0.25) is 0 Å². The molecule has 3 aromatic rings. The first-order chi connectivity index (χ1) is 11.9. The summed E-state index contributed by atoms with van der Waals surface area (Å²) in [6.07, 6.45) is 0. The molecule has 1 amide bonds. The highest BCUT2D eigenvalue weighted by Crippen LogP contribution is 2.23. The maximum atomic E-state index is 12.7. The van der Waals surface area contributed by atoms with Crippen LogP contribution in [0, 0.1) is 13.8 Å². The SMILES string of the molecule is Cc1cc(Br)ccc1N(C)C(=O)Cn1nc(C)c2ccccc2c1=O. The summed E-state index contributed by atoms with van der Waals surface area (Å²) in [6, 6.07) is 13.0. The highest BCUT2D eigenvalue weighted by Gasteiger charge is 2.16. The maximum absolute atomic E-state index is 12.7. The first kappa shape index (κ1) is 17.4. The number of halogens is 1. The first-order valence-corrected chi connectivity index (χ1v) is 8.67. The van der Waals surface area contributed by atoms with Gasteiger partial charge in [-0.3, -0.25) is 9.59 Å². The van der Waals surface area contributed by atoms with Crippen molar-refractivity contribution in [1.82, 2.24) is 9.78 Å². The quantitative estimate of drug-likeness (QED) is 0.677. The number of aryl methyl sites for hydroxylation is 2. The molecular formula is C19H18BrN3O2. The van der Waals surface area contributed by atoms with Gasteiger partial charge in [0, 0.05) is 22.6 Å². The van der Waals surface area contributed by atoms with Crippen LogP contribution in [0.3, 0.4) is 0 Å². The number of hydrogen-bond acceptors (Lipinski definition) is 3. The Morgan fingerprint density at radius 1 is 1.16 bits per heavy atom. The summed E-state index contributed by atoms with van der Waals surface area (Å²) < 4.78 is 2.20. The van der Waals surface area contributed by atoms with E-state index >= 15 is 0 Å². The van der Waals surface area contributed by atoms with Crippen LogP contribution in [-0.2, 0) is 11.3 Å². The van der Waals surface area contributed by atoms with Gasteiger partial charge in [-0.15, -0.1) is 0 Å². The van der Waals surface area contributed by atoms with Crippen molar-refractivity contribution in [3.05, 3.63) is 68.5 Å². The molecule has 0 unspecified atom stereocenters. The largest absolute Gasteiger partial charge is 0.314 e. The molecule has 0 N–H and O–H groups in total. The lowest BCUT2D eigenvalue weighted by molar-refractivity contribution is -0.119. The molecule has 3 rings (SSSR count). The van der Waals surface area contributed by atoms with Gasteiger partial charge in [-0.1, -0.05) is 34.1 Å². The number of rotatable bonds is 3. The predicted molar refractivity (Wildman–Crippen MR) is 103 cm³/mol. The minimum atomic E-state index is -0.254. The van der Waals surface area contributed by atoms with Gasteiger partial charge in [-0.2, -0.15) is 5.10 Å². The second-order valence-electron chi connectivity index (χ2n) is 5.98. The van der Waals surface area contributed by atoms with Gasteiger partial charge in [0.05, 0.1) is 11.1 Å². The zero-order chi connectivity index (χ0) is 18.1. The van der Waals surface area contributed by atoms with Gasteiger partial charge < -0.3 is 4.90 Å². The van der Waals surface area contributed by atoms with E-state index in [1.807, 2.05) is 50.2 Å². The summed E-state index contributed by atoms with van der Waals surface area (Å²) >= 11 is 3.42. The van der Waals surface area contributed by atoms with E-state index in [-0.39, 0.29) is 18.0 Å². The van der Waals surface area contributed by atoms with Crippen LogP contribution >= 0.6 is 15.9 Å². The molecule has 6 heteroatoms. The van der Waals surface area contributed by atoms with Crippen molar-refractivity contribution >= 4 is 38.3 Å². The monoisotopic (exact) mass is 399 g/mol. The molecule has 128 valence electrons. The average Bonchev–Trinajstić information content (AvgIpc) is 2.59. The molecule has 0 aliphatic carbocycles. The molecule has 0 aliphatic rings. The van der Waals surface area contributed by atoms with E-state index in [2.05, 4.69) is 21.0 Å². The minimum absolute atomic E-state index is 0.101. The Morgan fingerprint density at radius 3 is 2.52 bits per heavy atom. The van der Waals surface area contributed by atoms with E-state index < -0.39 is 0 Å². The van der Waals surface area contributed by atoms with Crippen molar-refractivity contribution < 1.29 is 4.79 Å². The van der Waals surface area contributed by atoms with Crippen LogP contribution in [-0.4, -0.2) is 22.7 Å². The van der Waals surface area contributed by atoms with Crippen molar-refractivity contribution in [3.8, 4) is 0 Å². The van der Waals surface area contributed by atoms with Gasteiger partial charge >= 0.3 is 0 Å². The summed E-state index contributed by atoms with van der Waals surface area (Å²) in [5, 5.41) is 5.69. The molecule has 1 heterocycles. The van der Waals surface area contributed by atoms with Crippen LogP contribution in [0.15, 0.2) is 51.7 Å². The minimum Gasteiger partial charge on any atom is -0.314 e. The number of anilines is 1. The normalized spacial score (nSPS) is 10.9. The first-order valence-electron chi connectivity index (χ1n) is 7.87. The molecule has 0 saturated carbocycles. The van der Waals surface area contributed by atoms with E-state index in [4.69, 9.17) is 0 Å². The van der Waals surface area contributed by atoms with Crippen molar-refractivity contribution in [2.24, 2.45) is 0 Å². The highest BCUT2D eigenvalue weighted by atomic mass is 79.9. The standard InChI is InChI=1S/C19H18BrN3O2/c1-12-10-14(20)8-9-17(12)22(3)18(24)11-23-19(25)16-7-5-4-6-15(16)13(2)21-23/h4-10H,11H2,1-3H3. The second kappa shape index (κ2) is 6.80. The maximum Gasteiger partial charge on any atom is 0.275 e. The number of amides is 1. The molecule has 5 nitrogen and oxygen atoms in total. The van der Waals surface area contributed by atoms with Gasteiger partial charge in [0.15, 0.2) is 0 Å². The third-order valence-corrected chi connectivity index (χ3v) is 4.72. The molecular weight excluding hydrogens is 382 g/mol. The number of likely N-dealkylation sites (N-methyl/N-ethyl adjacent to an activating group) is 1. The van der Waals surface area contributed by atoms with Gasteiger partial charge in [0.2, 0.25) is 5.91 Å². The smallest absolute Gasteiger partial charge is 0.275 e. The summed E-state index contributed by atoms with van der Waals surface area (Å²) in [7, 11) is 1.71. The molecule has 1 aromatic heterocycles. The van der Waals surface area contributed by atoms with E-state index in [0.29, 0.717) is 5.39 Å². The summed E-state index contributed by atoms with van der Waals surface area (Å²) in [5.74, 6) is -0.199. The third kappa shape index (κ3) is 3.35. The number of benzene rings is 2. The number of carbonyl (C=O) groups excluding carboxylic acids is 1. The van der Waals surface area contributed by atoms with Gasteiger partial charge in [-0.25, -0.2) is 4.68 Å². The summed E-state index contributed by atoms with van der Waals surface area (Å²) in [4.78, 5) is 26.8. The summed E-state index contributed by atoms with van der Waals surface area (Å²) in [6.45, 7) is 3.68. The van der Waals surface area contributed by atoms with Crippen LogP contribution in [0.5, 0.6) is 0 Å². The Hall–Kier alpha value is -2.47. The van der Waals surface area contributed by atoms with E-state index in [1.54, 1.807) is 18.0 Å². The topological polar surface area (TPSA) is 55.2 Å². The fourth-order valence-electron chi connectivity index (χ4n) is 2.88. The molecule has 0 spiro atoms. The highest BCUT2D eigenvalue weighted by molar-refractivity contribution is 9.10. The number of carbonyl (C=O) groups is 1. The molecule has 0 bridgehead atoms. The third-order valence-electron chi connectivity index (χ3n) is 4.23. The fraction of sp³-hybridized carbons (Fsp3) is 0.211. The molecule has 0 saturated heterocycles. The Morgan fingerprint density at radius 2 is 1.84 bits per heavy atom. The van der Waals surface area contributed by atoms with Crippen molar-refractivity contribution in [3.63, 3.8) is 0 Å². The van der Waals surface area contributed by atoms with Crippen molar-refractivity contribution in [1.29, 1.82) is 0 Å². The van der Waals surface area contributed by atoms with E-state index in [1.165, 1.54) is 4.68 Å². The van der Waals surface area contributed by atoms with Crippen molar-refractivity contribution in [2.75, 3.05) is 11.9 Å². The molecule has 0 radical (unpaired) electrons. The molecule has 2 aromatic carbocycles. The Kier molecular flexibility index (Phi) is 4.72. The van der Waals surface area contributed by atoms with Crippen LogP contribution in [0.4, 0.5) is 5.69 Å². The molecule has 0 aliphatic heterocycles. The fourth-order valence-corrected chi connectivity index (χ4v) is 3.35. The van der Waals surface area contributed by atoms with Crippen LogP contribution in [0.1, 0.15) is 11.3 Å². The lowest BCUT2D eigenvalue weighted by Gasteiger charge is -2.20. The number of aromatic nitrogens is 2. The Balaban J connectivity index is 1.94. The number of hydrogen-bond donors (Lipinski definition) is 0. The zero-order valence-electron chi connectivity index (χ0n) is 14.3. The van der Waals surface area contributed by atoms with Gasteiger partial charge in [-0.05, 0) is 43.7 Å². The van der Waals surface area contributed by atoms with E-state index in [9.17, 15) is 9.59 Å². The van der Waals surface area contributed by atoms with Gasteiger partial charge in [0.1, 0.15) is 6.54 Å². The van der Waals surface area contributed by atoms with Crippen molar-refractivity contribution in [2.45, 2.75) is 20.4 Å². The Labute approximate surface area is 154 Å².